The van der Waals surface area contributed by atoms with Crippen LogP contribution in [0.4, 0.5) is 5.82 Å². The predicted octanol–water partition coefficient (Wildman–Crippen LogP) is 0.845. The molecule has 0 aliphatic carbocycles. The van der Waals surface area contributed by atoms with E-state index in [2.05, 4.69) is 22.4 Å². The van der Waals surface area contributed by atoms with E-state index in [-0.39, 0.29) is 5.56 Å². The van der Waals surface area contributed by atoms with Gasteiger partial charge in [0.2, 0.25) is 0 Å². The van der Waals surface area contributed by atoms with E-state index in [1.165, 1.54) is 10.5 Å². The highest BCUT2D eigenvalue weighted by Crippen LogP contribution is 2.16. The lowest BCUT2D eigenvalue weighted by Crippen LogP contribution is -3.13. The molecule has 0 saturated heterocycles. The molecule has 0 bridgehead atoms. The zero-order valence-electron chi connectivity index (χ0n) is 15.3. The molecule has 0 amide bonds. The molecule has 6 heteroatoms. The molecule has 4 rings (SSSR count). The van der Waals surface area contributed by atoms with Gasteiger partial charge in [-0.1, -0.05) is 48.0 Å². The van der Waals surface area contributed by atoms with Crippen molar-refractivity contribution in [1.29, 1.82) is 0 Å². The van der Waals surface area contributed by atoms with E-state index in [4.69, 9.17) is 0 Å². The largest absolute Gasteiger partial charge is 0.334 e. The SMILES string of the molecule is Cc1ccc(-n2c3c(c(=O)[nH]c2=O)C[NH+](CCc2ccccc2)CN3)cc1. The van der Waals surface area contributed by atoms with Gasteiger partial charge in [0.05, 0.1) is 12.2 Å². The van der Waals surface area contributed by atoms with Crippen LogP contribution in [0.5, 0.6) is 0 Å². The summed E-state index contributed by atoms with van der Waals surface area (Å²) in [7, 11) is 0. The summed E-state index contributed by atoms with van der Waals surface area (Å²) in [5, 5.41) is 3.32. The van der Waals surface area contributed by atoms with Crippen LogP contribution in [0.3, 0.4) is 0 Å². The number of aromatic amines is 1. The molecule has 3 aromatic rings. The average Bonchev–Trinajstić information content (AvgIpc) is 2.69. The fourth-order valence-electron chi connectivity index (χ4n) is 3.53. The summed E-state index contributed by atoms with van der Waals surface area (Å²) in [6, 6.07) is 18.0. The number of hydrogen-bond acceptors (Lipinski definition) is 3. The molecule has 0 saturated carbocycles. The quantitative estimate of drug-likeness (QED) is 0.643. The molecule has 1 aliphatic heterocycles. The highest BCUT2D eigenvalue weighted by Gasteiger charge is 2.25. The minimum absolute atomic E-state index is 0.303. The number of aryl methyl sites for hydroxylation is 1. The zero-order chi connectivity index (χ0) is 18.8. The third kappa shape index (κ3) is 3.57. The van der Waals surface area contributed by atoms with Crippen molar-refractivity contribution in [3.05, 3.63) is 92.1 Å². The first kappa shape index (κ1) is 17.3. The number of nitrogens with zero attached hydrogens (tertiary/aromatic N) is 1. The monoisotopic (exact) mass is 363 g/mol. The van der Waals surface area contributed by atoms with Gasteiger partial charge in [-0.05, 0) is 24.6 Å². The third-order valence-corrected chi connectivity index (χ3v) is 5.04. The van der Waals surface area contributed by atoms with E-state index in [1.807, 2.05) is 49.4 Å². The summed E-state index contributed by atoms with van der Waals surface area (Å²) in [5.74, 6) is 0.607. The van der Waals surface area contributed by atoms with Crippen molar-refractivity contribution in [2.45, 2.75) is 19.9 Å². The molecule has 1 unspecified atom stereocenters. The van der Waals surface area contributed by atoms with Crippen molar-refractivity contribution in [1.82, 2.24) is 9.55 Å². The van der Waals surface area contributed by atoms with E-state index in [1.54, 1.807) is 4.57 Å². The number of anilines is 1. The minimum atomic E-state index is -0.414. The fraction of sp³-hybridized carbons (Fsp3) is 0.238. The maximum Gasteiger partial charge on any atom is 0.334 e. The summed E-state index contributed by atoms with van der Waals surface area (Å²) in [6.45, 7) is 4.19. The van der Waals surface area contributed by atoms with E-state index < -0.39 is 5.69 Å². The summed E-state index contributed by atoms with van der Waals surface area (Å²) in [6.07, 6.45) is 0.947. The number of hydrogen-bond donors (Lipinski definition) is 3. The lowest BCUT2D eigenvalue weighted by Gasteiger charge is -2.28. The molecule has 1 aromatic heterocycles. The molecule has 1 aliphatic rings. The van der Waals surface area contributed by atoms with E-state index in [0.717, 1.165) is 24.2 Å². The topological polar surface area (TPSA) is 71.3 Å². The molecule has 0 fully saturated rings. The predicted molar refractivity (Wildman–Crippen MR) is 106 cm³/mol. The summed E-state index contributed by atoms with van der Waals surface area (Å²) in [4.78, 5) is 28.6. The summed E-state index contributed by atoms with van der Waals surface area (Å²) < 4.78 is 1.56. The van der Waals surface area contributed by atoms with Gasteiger partial charge in [0.1, 0.15) is 17.9 Å². The van der Waals surface area contributed by atoms with Crippen LogP contribution in [0.2, 0.25) is 0 Å². The Labute approximate surface area is 157 Å². The highest BCUT2D eigenvalue weighted by atomic mass is 16.2. The van der Waals surface area contributed by atoms with Gasteiger partial charge in [0, 0.05) is 6.42 Å². The normalized spacial score (nSPS) is 15.8. The van der Waals surface area contributed by atoms with Crippen molar-refractivity contribution < 1.29 is 4.90 Å². The van der Waals surface area contributed by atoms with Gasteiger partial charge in [0.25, 0.3) is 5.56 Å². The maximum absolute atomic E-state index is 12.5. The number of nitrogens with one attached hydrogen (secondary N) is 3. The highest BCUT2D eigenvalue weighted by molar-refractivity contribution is 5.51. The van der Waals surface area contributed by atoms with Gasteiger partial charge >= 0.3 is 5.69 Å². The molecule has 138 valence electrons. The average molecular weight is 363 g/mol. The standard InChI is InChI=1S/C21H22N4O2/c1-15-7-9-17(10-8-15)25-19-18(20(26)23-21(25)27)13-24(14-22-19)12-11-16-5-3-2-4-6-16/h2-10,22H,11-14H2,1H3,(H,23,26,27)/p+1. The molecule has 6 nitrogen and oxygen atoms in total. The van der Waals surface area contributed by atoms with Crippen LogP contribution in [0.25, 0.3) is 5.69 Å². The van der Waals surface area contributed by atoms with Crippen molar-refractivity contribution in [3.63, 3.8) is 0 Å². The minimum Gasteiger partial charge on any atom is -0.324 e. The van der Waals surface area contributed by atoms with Gasteiger partial charge in [-0.2, -0.15) is 0 Å². The Morgan fingerprint density at radius 1 is 1.04 bits per heavy atom. The Balaban J connectivity index is 1.62. The first-order chi connectivity index (χ1) is 13.1. The molecule has 2 heterocycles. The lowest BCUT2D eigenvalue weighted by atomic mass is 10.1. The van der Waals surface area contributed by atoms with Crippen molar-refractivity contribution in [2.75, 3.05) is 18.5 Å². The van der Waals surface area contributed by atoms with Crippen LogP contribution in [0.1, 0.15) is 16.7 Å². The van der Waals surface area contributed by atoms with Gasteiger partial charge in [-0.3, -0.25) is 9.78 Å². The van der Waals surface area contributed by atoms with Crippen LogP contribution in [0, 0.1) is 6.92 Å². The second kappa shape index (κ2) is 7.25. The Morgan fingerprint density at radius 2 is 1.78 bits per heavy atom. The fourth-order valence-corrected chi connectivity index (χ4v) is 3.53. The van der Waals surface area contributed by atoms with Crippen LogP contribution in [-0.2, 0) is 13.0 Å². The van der Waals surface area contributed by atoms with E-state index in [0.29, 0.717) is 24.6 Å². The van der Waals surface area contributed by atoms with Crippen LogP contribution < -0.4 is 21.5 Å². The van der Waals surface area contributed by atoms with Gasteiger partial charge in [-0.25, -0.2) is 9.36 Å². The molecule has 0 radical (unpaired) electrons. The van der Waals surface area contributed by atoms with Gasteiger partial charge in [-0.15, -0.1) is 0 Å². The zero-order valence-corrected chi connectivity index (χ0v) is 15.3. The van der Waals surface area contributed by atoms with Crippen LogP contribution in [-0.4, -0.2) is 22.8 Å². The number of quaternary nitrogens is 1. The molecule has 2 aromatic carbocycles. The van der Waals surface area contributed by atoms with Crippen LogP contribution >= 0.6 is 0 Å². The number of benzene rings is 2. The van der Waals surface area contributed by atoms with E-state index in [9.17, 15) is 9.59 Å². The molecular formula is C21H23N4O2+. The number of rotatable bonds is 4. The van der Waals surface area contributed by atoms with Crippen LogP contribution in [0.15, 0.2) is 64.2 Å². The Bertz CT molecular complexity index is 1050. The Morgan fingerprint density at radius 3 is 2.52 bits per heavy atom. The second-order valence-corrected chi connectivity index (χ2v) is 7.02. The first-order valence-electron chi connectivity index (χ1n) is 9.18. The molecule has 0 spiro atoms. The second-order valence-electron chi connectivity index (χ2n) is 7.02. The van der Waals surface area contributed by atoms with Crippen molar-refractivity contribution >= 4 is 5.82 Å². The van der Waals surface area contributed by atoms with Gasteiger partial charge in [0.15, 0.2) is 6.67 Å². The molecule has 3 N–H and O–H groups in total. The van der Waals surface area contributed by atoms with E-state index >= 15 is 0 Å². The molecule has 1 atom stereocenters. The van der Waals surface area contributed by atoms with Crippen molar-refractivity contribution in [2.24, 2.45) is 0 Å². The van der Waals surface area contributed by atoms with Crippen molar-refractivity contribution in [3.8, 4) is 5.69 Å². The van der Waals surface area contributed by atoms with Gasteiger partial charge < -0.3 is 10.2 Å². The maximum atomic E-state index is 12.5. The smallest absolute Gasteiger partial charge is 0.324 e. The Hall–Kier alpha value is -3.12. The third-order valence-electron chi connectivity index (χ3n) is 5.04. The number of fused-ring (bicyclic) bond motifs is 1. The lowest BCUT2D eigenvalue weighted by molar-refractivity contribution is -0.912. The summed E-state index contributed by atoms with van der Waals surface area (Å²) >= 11 is 0. The number of aromatic nitrogens is 2. The first-order valence-corrected chi connectivity index (χ1v) is 9.18. The molecular weight excluding hydrogens is 340 g/mol. The number of H-pyrrole nitrogens is 1. The molecule has 27 heavy (non-hydrogen) atoms. The summed E-state index contributed by atoms with van der Waals surface area (Å²) in [5.41, 5.74) is 3.07. The Kier molecular flexibility index (Phi) is 4.64.